The molecule has 28 heavy (non-hydrogen) atoms. The van der Waals surface area contributed by atoms with Crippen LogP contribution in [0.25, 0.3) is 0 Å². The zero-order valence-corrected chi connectivity index (χ0v) is 15.7. The molecular formula is C20H25FN4O3. The van der Waals surface area contributed by atoms with E-state index in [-0.39, 0.29) is 17.8 Å². The van der Waals surface area contributed by atoms with Crippen LogP contribution in [0.4, 0.5) is 10.1 Å². The summed E-state index contributed by atoms with van der Waals surface area (Å²) in [6, 6.07) is 6.01. The number of anilines is 1. The van der Waals surface area contributed by atoms with Gasteiger partial charge >= 0.3 is 0 Å². The largest absolute Gasteiger partial charge is 0.489 e. The van der Waals surface area contributed by atoms with Crippen molar-refractivity contribution in [2.75, 3.05) is 31.6 Å². The Kier molecular flexibility index (Phi) is 5.87. The van der Waals surface area contributed by atoms with Gasteiger partial charge in [-0.05, 0) is 50.4 Å². The second-order valence-electron chi connectivity index (χ2n) is 7.22. The Balaban J connectivity index is 1.43. The minimum Gasteiger partial charge on any atom is -0.489 e. The Morgan fingerprint density at radius 3 is 3.07 bits per heavy atom. The fourth-order valence-electron chi connectivity index (χ4n) is 3.59. The Morgan fingerprint density at radius 2 is 2.29 bits per heavy atom. The van der Waals surface area contributed by atoms with Gasteiger partial charge in [0.1, 0.15) is 18.2 Å². The number of nitrogens with zero attached hydrogens (tertiary/aromatic N) is 2. The van der Waals surface area contributed by atoms with Gasteiger partial charge in [-0.1, -0.05) is 0 Å². The van der Waals surface area contributed by atoms with Gasteiger partial charge in [0, 0.05) is 25.4 Å². The lowest BCUT2D eigenvalue weighted by Crippen LogP contribution is -2.32. The molecule has 2 atom stereocenters. The van der Waals surface area contributed by atoms with Crippen LogP contribution < -0.4 is 15.4 Å². The van der Waals surface area contributed by atoms with Crippen molar-refractivity contribution < 1.29 is 18.7 Å². The van der Waals surface area contributed by atoms with Crippen LogP contribution in [0.5, 0.6) is 5.75 Å². The van der Waals surface area contributed by atoms with Crippen LogP contribution in [0.3, 0.4) is 0 Å². The van der Waals surface area contributed by atoms with E-state index in [9.17, 15) is 9.18 Å². The lowest BCUT2D eigenvalue weighted by Gasteiger charge is -2.22. The van der Waals surface area contributed by atoms with E-state index in [0.717, 1.165) is 45.4 Å². The number of aromatic nitrogens is 2. The zero-order chi connectivity index (χ0) is 19.3. The molecule has 2 unspecified atom stereocenters. The van der Waals surface area contributed by atoms with Crippen molar-refractivity contribution in [2.24, 2.45) is 0 Å². The molecule has 1 aromatic carbocycles. The topological polar surface area (TPSA) is 77.4 Å². The molecule has 4 rings (SSSR count). The molecule has 2 aliphatic rings. The van der Waals surface area contributed by atoms with Crippen molar-refractivity contribution in [1.29, 1.82) is 0 Å². The first-order chi connectivity index (χ1) is 13.7. The summed E-state index contributed by atoms with van der Waals surface area (Å²) in [5, 5.41) is 10.5. The molecule has 2 N–H and O–H groups in total. The molecule has 3 heterocycles. The first kappa shape index (κ1) is 18.9. The van der Waals surface area contributed by atoms with E-state index in [0.29, 0.717) is 18.1 Å². The van der Waals surface area contributed by atoms with Crippen molar-refractivity contribution in [2.45, 2.75) is 37.8 Å². The number of rotatable bonds is 6. The zero-order valence-electron chi connectivity index (χ0n) is 15.7. The van der Waals surface area contributed by atoms with Gasteiger partial charge in [0.2, 0.25) is 0 Å². The maximum atomic E-state index is 13.7. The molecule has 0 radical (unpaired) electrons. The summed E-state index contributed by atoms with van der Waals surface area (Å²) in [6.07, 6.45) is 5.92. The van der Waals surface area contributed by atoms with E-state index in [1.807, 2.05) is 10.9 Å². The second-order valence-corrected chi connectivity index (χ2v) is 7.22. The van der Waals surface area contributed by atoms with Gasteiger partial charge in [0.05, 0.1) is 17.8 Å². The highest BCUT2D eigenvalue weighted by Gasteiger charge is 2.20. The van der Waals surface area contributed by atoms with Gasteiger partial charge in [-0.15, -0.1) is 0 Å². The molecule has 1 aromatic heterocycles. The molecule has 0 saturated carbocycles. The van der Waals surface area contributed by atoms with Gasteiger partial charge in [-0.3, -0.25) is 9.48 Å². The average molecular weight is 388 g/mol. The molecule has 7 nitrogen and oxygen atoms in total. The highest BCUT2D eigenvalue weighted by Crippen LogP contribution is 2.27. The normalized spacial score (nSPS) is 22.2. The monoisotopic (exact) mass is 388 g/mol. The van der Waals surface area contributed by atoms with E-state index in [1.165, 1.54) is 18.2 Å². The Hall–Kier alpha value is -2.45. The van der Waals surface area contributed by atoms with Gasteiger partial charge in [-0.25, -0.2) is 4.39 Å². The molecule has 2 saturated heterocycles. The second kappa shape index (κ2) is 8.70. The van der Waals surface area contributed by atoms with Crippen LogP contribution in [0.1, 0.15) is 42.2 Å². The number of hydrogen-bond acceptors (Lipinski definition) is 5. The molecule has 0 spiro atoms. The number of carbonyl (C=O) groups excluding carboxylic acids is 1. The first-order valence-corrected chi connectivity index (χ1v) is 9.80. The maximum absolute atomic E-state index is 13.7. The van der Waals surface area contributed by atoms with Gasteiger partial charge in [0.15, 0.2) is 5.69 Å². The molecule has 2 aromatic rings. The molecule has 1 amide bonds. The van der Waals surface area contributed by atoms with E-state index in [2.05, 4.69) is 15.7 Å². The number of carbonyl (C=O) groups is 1. The highest BCUT2D eigenvalue weighted by atomic mass is 19.1. The first-order valence-electron chi connectivity index (χ1n) is 9.80. The lowest BCUT2D eigenvalue weighted by atomic mass is 10.1. The SMILES string of the molecule is O=C(Nc1cc(F)ccc1OCC1CCCO1)c1ccn(C2CCCNC2)n1. The van der Waals surface area contributed by atoms with Crippen LogP contribution in [-0.2, 0) is 4.74 Å². The number of piperidine rings is 1. The van der Waals surface area contributed by atoms with E-state index in [1.54, 1.807) is 6.07 Å². The Morgan fingerprint density at radius 1 is 1.36 bits per heavy atom. The fraction of sp³-hybridized carbons (Fsp3) is 0.500. The molecule has 2 aliphatic heterocycles. The van der Waals surface area contributed by atoms with Crippen LogP contribution in [0, 0.1) is 5.82 Å². The standard InChI is InChI=1S/C20H25FN4O3/c21-14-5-6-19(28-13-16-4-2-10-27-16)18(11-14)23-20(26)17-7-9-25(24-17)15-3-1-8-22-12-15/h5-7,9,11,15-16,22H,1-4,8,10,12-13H2,(H,23,26). The van der Waals surface area contributed by atoms with Crippen molar-refractivity contribution in [3.63, 3.8) is 0 Å². The van der Waals surface area contributed by atoms with Gasteiger partial charge in [0.25, 0.3) is 5.91 Å². The van der Waals surface area contributed by atoms with Crippen molar-refractivity contribution in [3.8, 4) is 5.75 Å². The van der Waals surface area contributed by atoms with Crippen LogP contribution in [0.15, 0.2) is 30.5 Å². The van der Waals surface area contributed by atoms with E-state index < -0.39 is 11.7 Å². The van der Waals surface area contributed by atoms with Crippen molar-refractivity contribution >= 4 is 11.6 Å². The van der Waals surface area contributed by atoms with Gasteiger partial charge < -0.3 is 20.1 Å². The maximum Gasteiger partial charge on any atom is 0.276 e. The smallest absolute Gasteiger partial charge is 0.276 e. The lowest BCUT2D eigenvalue weighted by molar-refractivity contribution is 0.0681. The van der Waals surface area contributed by atoms with Crippen LogP contribution >= 0.6 is 0 Å². The quantitative estimate of drug-likeness (QED) is 0.796. The summed E-state index contributed by atoms with van der Waals surface area (Å²) < 4.78 is 26.9. The van der Waals surface area contributed by atoms with Crippen LogP contribution in [0.2, 0.25) is 0 Å². The Labute approximate surface area is 163 Å². The third kappa shape index (κ3) is 4.51. The number of amides is 1. The number of nitrogens with one attached hydrogen (secondary N) is 2. The summed E-state index contributed by atoms with van der Waals surface area (Å²) in [4.78, 5) is 12.6. The molecule has 0 aliphatic carbocycles. The van der Waals surface area contributed by atoms with Crippen molar-refractivity contribution in [1.82, 2.24) is 15.1 Å². The molecule has 0 bridgehead atoms. The van der Waals surface area contributed by atoms with E-state index in [4.69, 9.17) is 9.47 Å². The number of hydrogen-bond donors (Lipinski definition) is 2. The van der Waals surface area contributed by atoms with Gasteiger partial charge in [-0.2, -0.15) is 5.10 Å². The molecular weight excluding hydrogens is 363 g/mol. The molecule has 2 fully saturated rings. The minimum absolute atomic E-state index is 0.0356. The fourth-order valence-corrected chi connectivity index (χ4v) is 3.59. The third-order valence-electron chi connectivity index (χ3n) is 5.12. The summed E-state index contributed by atoms with van der Waals surface area (Å²) >= 11 is 0. The summed E-state index contributed by atoms with van der Waals surface area (Å²) in [7, 11) is 0. The molecule has 150 valence electrons. The van der Waals surface area contributed by atoms with Crippen molar-refractivity contribution in [3.05, 3.63) is 42.0 Å². The highest BCUT2D eigenvalue weighted by molar-refractivity contribution is 6.03. The number of halogens is 1. The number of benzene rings is 1. The predicted molar refractivity (Wildman–Crippen MR) is 102 cm³/mol. The summed E-state index contributed by atoms with van der Waals surface area (Å²) in [5.41, 5.74) is 0.580. The Bertz CT molecular complexity index is 814. The molecule has 8 heteroatoms. The van der Waals surface area contributed by atoms with Crippen LogP contribution in [-0.4, -0.2) is 48.1 Å². The third-order valence-corrected chi connectivity index (χ3v) is 5.12. The number of ether oxygens (including phenoxy) is 2. The predicted octanol–water partition coefficient (Wildman–Crippen LogP) is 2.76. The minimum atomic E-state index is -0.446. The summed E-state index contributed by atoms with van der Waals surface area (Å²) in [6.45, 7) is 2.96. The van der Waals surface area contributed by atoms with E-state index >= 15 is 0 Å². The average Bonchev–Trinajstić information content (AvgIpc) is 3.40. The summed E-state index contributed by atoms with van der Waals surface area (Å²) in [5.74, 6) is -0.421.